The van der Waals surface area contributed by atoms with E-state index in [0.29, 0.717) is 0 Å². The van der Waals surface area contributed by atoms with Crippen molar-refractivity contribution in [3.05, 3.63) is 104 Å². The maximum absolute atomic E-state index is 14.0. The Kier molecular flexibility index (Phi) is 10.5. The van der Waals surface area contributed by atoms with E-state index < -0.39 is 56.0 Å². The summed E-state index contributed by atoms with van der Waals surface area (Å²) in [7, 11) is -3.06. The van der Waals surface area contributed by atoms with Gasteiger partial charge in [-0.15, -0.1) is 0 Å². The van der Waals surface area contributed by atoms with E-state index in [2.05, 4.69) is 26.0 Å². The van der Waals surface area contributed by atoms with Crippen LogP contribution in [0.1, 0.15) is 23.8 Å². The Morgan fingerprint density at radius 2 is 1.90 bits per heavy atom. The number of aromatic nitrogens is 2. The van der Waals surface area contributed by atoms with Crippen LogP contribution in [-0.4, -0.2) is 52.6 Å². The maximum atomic E-state index is 14.0. The van der Waals surface area contributed by atoms with Crippen LogP contribution < -0.4 is 20.9 Å². The maximum Gasteiger partial charge on any atom is 0.459 e. The monoisotopic (exact) mass is 649 g/mol. The molecular formula is C27H29BrN3O9P. The van der Waals surface area contributed by atoms with E-state index in [-0.39, 0.29) is 24.2 Å². The Morgan fingerprint density at radius 1 is 1.22 bits per heavy atom. The number of H-pyrrole nitrogens is 1. The van der Waals surface area contributed by atoms with Crippen molar-refractivity contribution in [2.75, 3.05) is 13.7 Å². The molecule has 1 aromatic heterocycles. The predicted octanol–water partition coefficient (Wildman–Crippen LogP) is 3.13. The number of carbonyl (C=O) groups excluding carboxylic acids is 1. The van der Waals surface area contributed by atoms with Crippen LogP contribution in [0.4, 0.5) is 0 Å². The standard InChI is InChI=1S/C27H29BrN3O9P/c1-37-26(34)21(14-18-8-4-2-5-9-18)30-41(36,40-20-10-6-3-7-11-20)38-17-23-22(32)15-24(39-23)31-16-19(12-13-28)25(33)29-27(31)35/h2-13,16,21-24,32H,14-15,17H2,1H3,(H,30,36)(H,29,33,35)/t21-,22?,23?,24?,41?/m0/s1. The summed E-state index contributed by atoms with van der Waals surface area (Å²) in [6, 6.07) is 16.2. The molecule has 218 valence electrons. The number of carbonyl (C=O) groups is 1. The fourth-order valence-electron chi connectivity index (χ4n) is 4.18. The molecule has 1 saturated heterocycles. The molecule has 0 radical (unpaired) electrons. The third-order valence-electron chi connectivity index (χ3n) is 6.21. The number of nitrogens with zero attached hydrogens (tertiary/aromatic N) is 1. The van der Waals surface area contributed by atoms with E-state index in [0.717, 1.165) is 10.1 Å². The largest absolute Gasteiger partial charge is 0.468 e. The predicted molar refractivity (Wildman–Crippen MR) is 154 cm³/mol. The number of hydrogen-bond donors (Lipinski definition) is 3. The molecule has 0 spiro atoms. The molecular weight excluding hydrogens is 621 g/mol. The minimum Gasteiger partial charge on any atom is -0.468 e. The Morgan fingerprint density at radius 3 is 2.56 bits per heavy atom. The molecule has 5 atom stereocenters. The number of methoxy groups -OCH3 is 1. The highest BCUT2D eigenvalue weighted by Gasteiger charge is 2.40. The van der Waals surface area contributed by atoms with Crippen molar-refractivity contribution in [2.24, 2.45) is 0 Å². The first-order chi connectivity index (χ1) is 19.7. The van der Waals surface area contributed by atoms with Gasteiger partial charge in [0, 0.05) is 12.6 Å². The van der Waals surface area contributed by atoms with Crippen LogP contribution in [-0.2, 0) is 29.8 Å². The number of aliphatic hydroxyl groups is 1. The fourth-order valence-corrected chi connectivity index (χ4v) is 5.97. The lowest BCUT2D eigenvalue weighted by Crippen LogP contribution is -2.39. The van der Waals surface area contributed by atoms with Gasteiger partial charge >= 0.3 is 19.4 Å². The highest BCUT2D eigenvalue weighted by molar-refractivity contribution is 9.11. The molecule has 3 aromatic rings. The first-order valence-electron chi connectivity index (χ1n) is 12.6. The number of benzene rings is 2. The molecule has 1 aliphatic rings. The summed E-state index contributed by atoms with van der Waals surface area (Å²) in [5.41, 5.74) is -0.334. The SMILES string of the molecule is COC(=O)[C@H](Cc1ccccc1)NP(=O)(OCC1OC(n2cc(C=CBr)c(=O)[nH]c2=O)CC1O)Oc1ccccc1. The number of aromatic amines is 1. The Balaban J connectivity index is 1.54. The number of nitrogens with one attached hydrogen (secondary N) is 2. The van der Waals surface area contributed by atoms with Gasteiger partial charge in [-0.1, -0.05) is 64.5 Å². The molecule has 0 saturated carbocycles. The molecule has 12 nitrogen and oxygen atoms in total. The molecule has 1 aliphatic heterocycles. The van der Waals surface area contributed by atoms with Crippen LogP contribution in [0.2, 0.25) is 0 Å². The number of aliphatic hydroxyl groups excluding tert-OH is 1. The lowest BCUT2D eigenvalue weighted by Gasteiger charge is -2.26. The average molecular weight is 650 g/mol. The van der Waals surface area contributed by atoms with Crippen molar-refractivity contribution in [2.45, 2.75) is 37.3 Å². The lowest BCUT2D eigenvalue weighted by atomic mass is 10.1. The van der Waals surface area contributed by atoms with Crippen LogP contribution in [0.5, 0.6) is 5.75 Å². The first kappa shape index (κ1) is 30.6. The fraction of sp³-hybridized carbons (Fsp3) is 0.296. The number of esters is 1. The van der Waals surface area contributed by atoms with Crippen LogP contribution in [0.3, 0.4) is 0 Å². The topological polar surface area (TPSA) is 158 Å². The number of para-hydroxylation sites is 1. The van der Waals surface area contributed by atoms with Gasteiger partial charge in [-0.05, 0) is 35.2 Å². The zero-order chi connectivity index (χ0) is 29.4. The second-order valence-electron chi connectivity index (χ2n) is 9.07. The van der Waals surface area contributed by atoms with E-state index in [1.54, 1.807) is 30.3 Å². The first-order valence-corrected chi connectivity index (χ1v) is 15.0. The minimum absolute atomic E-state index is 0.00644. The minimum atomic E-state index is -4.28. The normalized spacial score (nSPS) is 20.9. The molecule has 1 fully saturated rings. The van der Waals surface area contributed by atoms with Crippen molar-refractivity contribution < 1.29 is 33.0 Å². The summed E-state index contributed by atoms with van der Waals surface area (Å²) in [6.45, 7) is -0.416. The van der Waals surface area contributed by atoms with Crippen molar-refractivity contribution in [1.82, 2.24) is 14.6 Å². The molecule has 41 heavy (non-hydrogen) atoms. The van der Waals surface area contributed by atoms with E-state index in [1.807, 2.05) is 30.3 Å². The molecule has 0 aliphatic carbocycles. The Labute approximate surface area is 243 Å². The Bertz CT molecular complexity index is 1510. The smallest absolute Gasteiger partial charge is 0.459 e. The number of rotatable bonds is 12. The molecule has 4 rings (SSSR count). The molecule has 0 bridgehead atoms. The zero-order valence-electron chi connectivity index (χ0n) is 21.9. The highest BCUT2D eigenvalue weighted by Crippen LogP contribution is 2.46. The van der Waals surface area contributed by atoms with E-state index in [9.17, 15) is 24.1 Å². The van der Waals surface area contributed by atoms with Gasteiger partial charge in [0.2, 0.25) is 0 Å². The summed E-state index contributed by atoms with van der Waals surface area (Å²) < 4.78 is 37.4. The molecule has 3 N–H and O–H groups in total. The molecule has 2 aromatic carbocycles. The van der Waals surface area contributed by atoms with Gasteiger partial charge in [0.25, 0.3) is 5.56 Å². The highest BCUT2D eigenvalue weighted by atomic mass is 79.9. The number of hydrogen-bond acceptors (Lipinski definition) is 9. The summed E-state index contributed by atoms with van der Waals surface area (Å²) in [6.07, 6.45) is -0.175. The molecule has 4 unspecified atom stereocenters. The van der Waals surface area contributed by atoms with Gasteiger partial charge in [-0.2, -0.15) is 5.09 Å². The van der Waals surface area contributed by atoms with Gasteiger partial charge in [-0.25, -0.2) is 9.36 Å². The lowest BCUT2D eigenvalue weighted by molar-refractivity contribution is -0.142. The van der Waals surface area contributed by atoms with Crippen molar-refractivity contribution in [1.29, 1.82) is 0 Å². The van der Waals surface area contributed by atoms with Crippen molar-refractivity contribution >= 4 is 35.7 Å². The summed E-state index contributed by atoms with van der Waals surface area (Å²) in [5, 5.41) is 13.4. The van der Waals surface area contributed by atoms with Gasteiger partial charge < -0.3 is 19.1 Å². The quantitative estimate of drug-likeness (QED) is 0.197. The van der Waals surface area contributed by atoms with Gasteiger partial charge in [0.05, 0.1) is 25.4 Å². The molecule has 2 heterocycles. The summed E-state index contributed by atoms with van der Waals surface area (Å²) in [4.78, 5) is 40.8. The number of ether oxygens (including phenoxy) is 2. The van der Waals surface area contributed by atoms with E-state index in [4.69, 9.17) is 18.5 Å². The van der Waals surface area contributed by atoms with Crippen molar-refractivity contribution in [3.8, 4) is 5.75 Å². The van der Waals surface area contributed by atoms with Gasteiger partial charge in [0.15, 0.2) is 0 Å². The van der Waals surface area contributed by atoms with Crippen LogP contribution in [0.25, 0.3) is 6.08 Å². The summed E-state index contributed by atoms with van der Waals surface area (Å²) >= 11 is 3.10. The van der Waals surface area contributed by atoms with Crippen molar-refractivity contribution in [3.63, 3.8) is 0 Å². The van der Waals surface area contributed by atoms with Crippen LogP contribution >= 0.6 is 23.7 Å². The Hall–Kier alpha value is -3.32. The average Bonchev–Trinajstić information content (AvgIpc) is 3.33. The molecule has 14 heteroatoms. The van der Waals surface area contributed by atoms with E-state index >= 15 is 0 Å². The summed E-state index contributed by atoms with van der Waals surface area (Å²) in [5.74, 6) is -0.470. The van der Waals surface area contributed by atoms with Gasteiger partial charge in [-0.3, -0.25) is 23.7 Å². The third-order valence-corrected chi connectivity index (χ3v) is 8.04. The molecule has 0 amide bonds. The van der Waals surface area contributed by atoms with Crippen LogP contribution in [0, 0.1) is 0 Å². The van der Waals surface area contributed by atoms with Gasteiger partial charge in [0.1, 0.15) is 24.1 Å². The third kappa shape index (κ3) is 8.13. The number of halogens is 1. The zero-order valence-corrected chi connectivity index (χ0v) is 24.4. The van der Waals surface area contributed by atoms with E-state index in [1.165, 1.54) is 24.4 Å². The second kappa shape index (κ2) is 14.0. The van der Waals surface area contributed by atoms with Crippen LogP contribution in [0.15, 0.2) is 81.4 Å². The second-order valence-corrected chi connectivity index (χ2v) is 11.3.